The minimum absolute atomic E-state index is 0.153. The highest BCUT2D eigenvalue weighted by Gasteiger charge is 2.16. The molecule has 0 radical (unpaired) electrons. The molecule has 1 unspecified atom stereocenters. The van der Waals surface area contributed by atoms with E-state index >= 15 is 0 Å². The lowest BCUT2D eigenvalue weighted by Gasteiger charge is -2.21. The molecule has 0 saturated carbocycles. The zero-order valence-electron chi connectivity index (χ0n) is 9.76. The van der Waals surface area contributed by atoms with Gasteiger partial charge in [0.1, 0.15) is 5.82 Å². The van der Waals surface area contributed by atoms with Gasteiger partial charge in [0, 0.05) is 26.6 Å². The summed E-state index contributed by atoms with van der Waals surface area (Å²) in [7, 11) is 0. The molecule has 1 nitrogen and oxygen atoms in total. The highest BCUT2D eigenvalue weighted by atomic mass is 79.9. The second-order valence-corrected chi connectivity index (χ2v) is 7.46. The molecule has 0 aliphatic carbocycles. The molecule has 0 aliphatic heterocycles. The summed E-state index contributed by atoms with van der Waals surface area (Å²) in [5.41, 5.74) is 6.57. The molecular formula is C12H17BrFNS. The van der Waals surface area contributed by atoms with Crippen LogP contribution >= 0.6 is 27.7 Å². The Morgan fingerprint density at radius 1 is 1.44 bits per heavy atom. The predicted octanol–water partition coefficient (Wildman–Crippen LogP) is 4.12. The third-order valence-corrected chi connectivity index (χ3v) is 3.94. The molecule has 0 bridgehead atoms. The molecule has 90 valence electrons. The molecule has 1 aromatic rings. The largest absolute Gasteiger partial charge is 0.323 e. The number of rotatable bonds is 3. The van der Waals surface area contributed by atoms with Gasteiger partial charge in [0.25, 0.3) is 0 Å². The fourth-order valence-electron chi connectivity index (χ4n) is 1.23. The normalized spacial score (nSPS) is 13.9. The summed E-state index contributed by atoms with van der Waals surface area (Å²) in [5.74, 6) is 0.488. The fourth-order valence-corrected chi connectivity index (χ4v) is 2.47. The molecule has 0 fully saturated rings. The molecule has 0 saturated heterocycles. The van der Waals surface area contributed by atoms with E-state index in [0.717, 1.165) is 10.2 Å². The summed E-state index contributed by atoms with van der Waals surface area (Å²) in [4.78, 5) is 0. The van der Waals surface area contributed by atoms with Crippen molar-refractivity contribution >= 4 is 27.7 Å². The molecule has 0 aliphatic rings. The van der Waals surface area contributed by atoms with Crippen LogP contribution in [-0.2, 0) is 0 Å². The van der Waals surface area contributed by atoms with Gasteiger partial charge in [0.15, 0.2) is 0 Å². The van der Waals surface area contributed by atoms with Crippen molar-refractivity contribution in [1.29, 1.82) is 0 Å². The van der Waals surface area contributed by atoms with Gasteiger partial charge >= 0.3 is 0 Å². The van der Waals surface area contributed by atoms with E-state index in [2.05, 4.69) is 36.7 Å². The SMILES string of the molecule is CC(C)(C)SCC(N)c1cc(Br)ccc1F. The van der Waals surface area contributed by atoms with Crippen molar-refractivity contribution in [1.82, 2.24) is 0 Å². The van der Waals surface area contributed by atoms with Gasteiger partial charge in [-0.25, -0.2) is 4.39 Å². The average molecular weight is 306 g/mol. The van der Waals surface area contributed by atoms with E-state index < -0.39 is 0 Å². The van der Waals surface area contributed by atoms with Crippen molar-refractivity contribution in [3.8, 4) is 0 Å². The van der Waals surface area contributed by atoms with Crippen LogP contribution in [0.2, 0.25) is 0 Å². The lowest BCUT2D eigenvalue weighted by atomic mass is 10.1. The maximum atomic E-state index is 13.5. The molecular weight excluding hydrogens is 289 g/mol. The van der Waals surface area contributed by atoms with Crippen LogP contribution in [0.1, 0.15) is 32.4 Å². The Hall–Kier alpha value is -0.0600. The van der Waals surface area contributed by atoms with Gasteiger partial charge in [0.2, 0.25) is 0 Å². The van der Waals surface area contributed by atoms with Crippen LogP contribution in [0.15, 0.2) is 22.7 Å². The van der Waals surface area contributed by atoms with E-state index in [1.54, 1.807) is 23.9 Å². The highest BCUT2D eigenvalue weighted by molar-refractivity contribution is 9.10. The predicted molar refractivity (Wildman–Crippen MR) is 73.2 cm³/mol. The molecule has 0 spiro atoms. The van der Waals surface area contributed by atoms with Crippen LogP contribution in [0, 0.1) is 5.82 Å². The minimum Gasteiger partial charge on any atom is -0.323 e. The first-order valence-electron chi connectivity index (χ1n) is 5.14. The Morgan fingerprint density at radius 3 is 2.62 bits per heavy atom. The maximum Gasteiger partial charge on any atom is 0.128 e. The van der Waals surface area contributed by atoms with Crippen LogP contribution in [0.4, 0.5) is 4.39 Å². The van der Waals surface area contributed by atoms with E-state index in [1.165, 1.54) is 6.07 Å². The molecule has 2 N–H and O–H groups in total. The van der Waals surface area contributed by atoms with E-state index in [4.69, 9.17) is 5.73 Å². The van der Waals surface area contributed by atoms with Gasteiger partial charge in [0.05, 0.1) is 0 Å². The van der Waals surface area contributed by atoms with Crippen LogP contribution in [0.3, 0.4) is 0 Å². The summed E-state index contributed by atoms with van der Waals surface area (Å²) in [6, 6.07) is 4.62. The molecule has 1 rings (SSSR count). The van der Waals surface area contributed by atoms with Crippen molar-refractivity contribution in [2.75, 3.05) is 5.75 Å². The van der Waals surface area contributed by atoms with E-state index in [9.17, 15) is 4.39 Å². The Morgan fingerprint density at radius 2 is 2.06 bits per heavy atom. The standard InChI is InChI=1S/C12H17BrFNS/c1-12(2,3)16-7-11(15)9-6-8(13)4-5-10(9)14/h4-6,11H,7,15H2,1-3H3. The Kier molecular flexibility index (Phi) is 4.83. The van der Waals surface area contributed by atoms with Gasteiger partial charge in [-0.15, -0.1) is 0 Å². The molecule has 4 heteroatoms. The Balaban J connectivity index is 2.73. The smallest absolute Gasteiger partial charge is 0.128 e. The van der Waals surface area contributed by atoms with E-state index in [1.807, 2.05) is 0 Å². The minimum atomic E-state index is -0.262. The summed E-state index contributed by atoms with van der Waals surface area (Å²) >= 11 is 5.07. The molecule has 1 aromatic carbocycles. The van der Waals surface area contributed by atoms with Crippen molar-refractivity contribution in [2.24, 2.45) is 5.73 Å². The topological polar surface area (TPSA) is 26.0 Å². The fraction of sp³-hybridized carbons (Fsp3) is 0.500. The van der Waals surface area contributed by atoms with Crippen LogP contribution in [0.25, 0.3) is 0 Å². The molecule has 16 heavy (non-hydrogen) atoms. The van der Waals surface area contributed by atoms with Crippen molar-refractivity contribution < 1.29 is 4.39 Å². The molecule has 0 heterocycles. The zero-order chi connectivity index (χ0) is 12.3. The second-order valence-electron chi connectivity index (χ2n) is 4.70. The summed E-state index contributed by atoms with van der Waals surface area (Å²) in [5, 5.41) is 0. The number of hydrogen-bond donors (Lipinski definition) is 1. The third-order valence-electron chi connectivity index (χ3n) is 2.05. The van der Waals surface area contributed by atoms with Crippen molar-refractivity contribution in [2.45, 2.75) is 31.6 Å². The van der Waals surface area contributed by atoms with Crippen LogP contribution in [-0.4, -0.2) is 10.5 Å². The van der Waals surface area contributed by atoms with Crippen molar-refractivity contribution in [3.05, 3.63) is 34.1 Å². The van der Waals surface area contributed by atoms with E-state index in [0.29, 0.717) is 5.56 Å². The van der Waals surface area contributed by atoms with Crippen LogP contribution < -0.4 is 5.73 Å². The monoisotopic (exact) mass is 305 g/mol. The second kappa shape index (κ2) is 5.52. The van der Waals surface area contributed by atoms with Gasteiger partial charge in [-0.3, -0.25) is 0 Å². The molecule has 1 atom stereocenters. The average Bonchev–Trinajstić information content (AvgIpc) is 2.17. The first-order valence-corrected chi connectivity index (χ1v) is 6.92. The lowest BCUT2D eigenvalue weighted by molar-refractivity contribution is 0.594. The summed E-state index contributed by atoms with van der Waals surface area (Å²) in [6.45, 7) is 6.38. The number of thioether (sulfide) groups is 1. The summed E-state index contributed by atoms with van der Waals surface area (Å²) < 4.78 is 14.5. The zero-order valence-corrected chi connectivity index (χ0v) is 12.2. The van der Waals surface area contributed by atoms with Gasteiger partial charge in [-0.05, 0) is 18.2 Å². The number of halogens is 2. The first kappa shape index (κ1) is 14.0. The first-order chi connectivity index (χ1) is 7.29. The van der Waals surface area contributed by atoms with E-state index in [-0.39, 0.29) is 16.6 Å². The number of benzene rings is 1. The lowest BCUT2D eigenvalue weighted by Crippen LogP contribution is -2.19. The maximum absolute atomic E-state index is 13.5. The molecule has 0 aromatic heterocycles. The highest BCUT2D eigenvalue weighted by Crippen LogP contribution is 2.29. The third kappa shape index (κ3) is 4.44. The van der Waals surface area contributed by atoms with Gasteiger partial charge in [-0.2, -0.15) is 11.8 Å². The van der Waals surface area contributed by atoms with Crippen molar-refractivity contribution in [3.63, 3.8) is 0 Å². The van der Waals surface area contributed by atoms with Gasteiger partial charge in [-0.1, -0.05) is 36.7 Å². The number of hydrogen-bond acceptors (Lipinski definition) is 2. The number of nitrogens with two attached hydrogens (primary N) is 1. The Labute approximate surface area is 109 Å². The quantitative estimate of drug-likeness (QED) is 0.909. The molecule has 0 amide bonds. The van der Waals surface area contributed by atoms with Gasteiger partial charge < -0.3 is 5.73 Å². The summed E-state index contributed by atoms with van der Waals surface area (Å²) in [6.07, 6.45) is 0. The Bertz CT molecular complexity index is 363. The van der Waals surface area contributed by atoms with Crippen LogP contribution in [0.5, 0.6) is 0 Å².